The van der Waals surface area contributed by atoms with Crippen LogP contribution in [0.4, 0.5) is 0 Å². The Morgan fingerprint density at radius 3 is 2.78 bits per heavy atom. The van der Waals surface area contributed by atoms with Crippen LogP contribution in [0.15, 0.2) is 58.0 Å². The van der Waals surface area contributed by atoms with Crippen molar-refractivity contribution in [2.75, 3.05) is 7.11 Å². The number of rotatable bonds is 5. The van der Waals surface area contributed by atoms with Gasteiger partial charge in [0, 0.05) is 10.3 Å². The molecule has 0 aliphatic rings. The lowest BCUT2D eigenvalue weighted by Gasteiger charge is -2.02. The lowest BCUT2D eigenvalue weighted by molar-refractivity contribution is 0.0563. The van der Waals surface area contributed by atoms with Crippen LogP contribution in [-0.4, -0.2) is 23.0 Å². The molecule has 0 bridgehead atoms. The molecule has 27 heavy (non-hydrogen) atoms. The lowest BCUT2D eigenvalue weighted by Crippen LogP contribution is -1.98. The summed E-state index contributed by atoms with van der Waals surface area (Å²) in [6.07, 6.45) is 0. The van der Waals surface area contributed by atoms with Gasteiger partial charge < -0.3 is 9.15 Å². The average Bonchev–Trinajstić information content (AvgIpc) is 3.33. The van der Waals surface area contributed by atoms with E-state index in [9.17, 15) is 4.79 Å². The van der Waals surface area contributed by atoms with Crippen LogP contribution in [0, 0.1) is 6.92 Å². The molecule has 0 radical (unpaired) electrons. The number of ether oxygens (including phenoxy) is 1. The maximum Gasteiger partial charge on any atom is 0.373 e. The van der Waals surface area contributed by atoms with E-state index in [1.54, 1.807) is 35.2 Å². The normalized spacial score (nSPS) is 11.0. The Morgan fingerprint density at radius 2 is 2.00 bits per heavy atom. The zero-order valence-corrected chi connectivity index (χ0v) is 16.4. The SMILES string of the molecule is COC(=O)c1ccc(CSc2nc(C)nc3sc(-c4ccccc4)cc23)o1. The fourth-order valence-corrected chi connectivity index (χ4v) is 4.75. The Bertz CT molecular complexity index is 1100. The number of thioether (sulfide) groups is 1. The third-order valence-corrected chi connectivity index (χ3v) is 6.02. The first-order valence-electron chi connectivity index (χ1n) is 8.27. The Labute approximate surface area is 164 Å². The second kappa shape index (κ2) is 7.54. The number of aromatic nitrogens is 2. The first kappa shape index (κ1) is 17.8. The molecule has 3 aromatic heterocycles. The van der Waals surface area contributed by atoms with Crippen molar-refractivity contribution in [2.45, 2.75) is 17.7 Å². The van der Waals surface area contributed by atoms with E-state index in [1.165, 1.54) is 17.6 Å². The van der Waals surface area contributed by atoms with E-state index in [-0.39, 0.29) is 5.76 Å². The molecule has 4 aromatic rings. The van der Waals surface area contributed by atoms with Crippen LogP contribution < -0.4 is 0 Å². The summed E-state index contributed by atoms with van der Waals surface area (Å²) in [5.41, 5.74) is 1.17. The number of carbonyl (C=O) groups excluding carboxylic acids is 1. The summed E-state index contributed by atoms with van der Waals surface area (Å²) >= 11 is 3.23. The maximum absolute atomic E-state index is 11.5. The second-order valence-corrected chi connectivity index (χ2v) is 7.81. The van der Waals surface area contributed by atoms with E-state index in [0.717, 1.165) is 21.1 Å². The van der Waals surface area contributed by atoms with Gasteiger partial charge in [-0.2, -0.15) is 0 Å². The number of fused-ring (bicyclic) bond motifs is 1. The van der Waals surface area contributed by atoms with Gasteiger partial charge in [-0.1, -0.05) is 42.1 Å². The van der Waals surface area contributed by atoms with E-state index in [1.807, 2.05) is 25.1 Å². The molecule has 7 heteroatoms. The van der Waals surface area contributed by atoms with E-state index in [4.69, 9.17) is 4.42 Å². The van der Waals surface area contributed by atoms with Gasteiger partial charge in [-0.3, -0.25) is 0 Å². The Hall–Kier alpha value is -2.64. The van der Waals surface area contributed by atoms with Crippen molar-refractivity contribution in [3.8, 4) is 10.4 Å². The number of benzene rings is 1. The minimum atomic E-state index is -0.475. The molecule has 4 rings (SSSR count). The van der Waals surface area contributed by atoms with Gasteiger partial charge >= 0.3 is 5.97 Å². The molecule has 0 unspecified atom stereocenters. The number of carbonyl (C=O) groups is 1. The van der Waals surface area contributed by atoms with E-state index in [0.29, 0.717) is 11.5 Å². The quantitative estimate of drug-likeness (QED) is 0.258. The summed E-state index contributed by atoms with van der Waals surface area (Å²) in [6.45, 7) is 1.90. The zero-order chi connectivity index (χ0) is 18.8. The molecule has 0 N–H and O–H groups in total. The molecular formula is C20H16N2O3S2. The van der Waals surface area contributed by atoms with Gasteiger partial charge in [-0.15, -0.1) is 11.3 Å². The summed E-state index contributed by atoms with van der Waals surface area (Å²) in [6, 6.07) is 15.8. The van der Waals surface area contributed by atoms with E-state index < -0.39 is 5.97 Å². The smallest absolute Gasteiger partial charge is 0.373 e. The predicted octanol–water partition coefficient (Wildman–Crippen LogP) is 5.34. The molecule has 5 nitrogen and oxygen atoms in total. The average molecular weight is 396 g/mol. The number of methoxy groups -OCH3 is 1. The van der Waals surface area contributed by atoms with Crippen molar-refractivity contribution in [1.29, 1.82) is 0 Å². The molecule has 0 spiro atoms. The summed E-state index contributed by atoms with van der Waals surface area (Å²) in [5.74, 6) is 1.74. The fourth-order valence-electron chi connectivity index (χ4n) is 2.66. The van der Waals surface area contributed by atoms with Crippen LogP contribution in [0.5, 0.6) is 0 Å². The van der Waals surface area contributed by atoms with Crippen LogP contribution in [0.3, 0.4) is 0 Å². The van der Waals surface area contributed by atoms with Gasteiger partial charge in [0.05, 0.1) is 12.9 Å². The van der Waals surface area contributed by atoms with Crippen LogP contribution in [0.2, 0.25) is 0 Å². The number of nitrogens with zero attached hydrogens (tertiary/aromatic N) is 2. The van der Waals surface area contributed by atoms with E-state index in [2.05, 4.69) is 32.9 Å². The van der Waals surface area contributed by atoms with Gasteiger partial charge in [0.15, 0.2) is 0 Å². The van der Waals surface area contributed by atoms with Gasteiger partial charge in [-0.25, -0.2) is 14.8 Å². The first-order chi connectivity index (χ1) is 13.1. The number of hydrogen-bond acceptors (Lipinski definition) is 7. The Kier molecular flexibility index (Phi) is 4.96. The molecule has 0 aliphatic carbocycles. The van der Waals surface area contributed by atoms with Crippen molar-refractivity contribution in [1.82, 2.24) is 9.97 Å². The van der Waals surface area contributed by atoms with Crippen LogP contribution in [-0.2, 0) is 10.5 Å². The second-order valence-electron chi connectivity index (χ2n) is 5.82. The van der Waals surface area contributed by atoms with Crippen LogP contribution >= 0.6 is 23.1 Å². The van der Waals surface area contributed by atoms with Crippen molar-refractivity contribution < 1.29 is 13.9 Å². The Balaban J connectivity index is 1.62. The van der Waals surface area contributed by atoms with Gasteiger partial charge in [0.25, 0.3) is 0 Å². The molecule has 0 amide bonds. The summed E-state index contributed by atoms with van der Waals surface area (Å²) in [5, 5.41) is 1.95. The minimum Gasteiger partial charge on any atom is -0.463 e. The summed E-state index contributed by atoms with van der Waals surface area (Å²) in [4.78, 5) is 22.8. The lowest BCUT2D eigenvalue weighted by atomic mass is 10.2. The zero-order valence-electron chi connectivity index (χ0n) is 14.8. The third-order valence-electron chi connectivity index (χ3n) is 3.93. The highest BCUT2D eigenvalue weighted by atomic mass is 32.2. The molecule has 0 atom stereocenters. The third kappa shape index (κ3) is 3.74. The van der Waals surface area contributed by atoms with Crippen molar-refractivity contribution >= 4 is 39.3 Å². The minimum absolute atomic E-state index is 0.207. The highest BCUT2D eigenvalue weighted by Crippen LogP contribution is 2.37. The maximum atomic E-state index is 11.5. The number of esters is 1. The monoisotopic (exact) mass is 396 g/mol. The predicted molar refractivity (Wildman–Crippen MR) is 107 cm³/mol. The van der Waals surface area contributed by atoms with Crippen LogP contribution in [0.25, 0.3) is 20.7 Å². The molecule has 0 fully saturated rings. The molecule has 0 saturated heterocycles. The van der Waals surface area contributed by atoms with Gasteiger partial charge in [0.1, 0.15) is 21.4 Å². The highest BCUT2D eigenvalue weighted by molar-refractivity contribution is 7.98. The Morgan fingerprint density at radius 1 is 1.19 bits per heavy atom. The topological polar surface area (TPSA) is 65.2 Å². The van der Waals surface area contributed by atoms with Crippen molar-refractivity contribution in [3.05, 3.63) is 65.9 Å². The fraction of sp³-hybridized carbons (Fsp3) is 0.150. The standard InChI is InChI=1S/C20H16N2O3S2/c1-12-21-18(26-11-14-8-9-16(25-14)20(23)24-2)15-10-17(27-19(15)22-12)13-6-4-3-5-7-13/h3-10H,11H2,1-2H3. The molecule has 0 aliphatic heterocycles. The van der Waals surface area contributed by atoms with Crippen molar-refractivity contribution in [3.63, 3.8) is 0 Å². The largest absolute Gasteiger partial charge is 0.463 e. The molecule has 0 saturated carbocycles. The highest BCUT2D eigenvalue weighted by Gasteiger charge is 2.15. The first-order valence-corrected chi connectivity index (χ1v) is 10.1. The van der Waals surface area contributed by atoms with Gasteiger partial charge in [0.2, 0.25) is 5.76 Å². The van der Waals surface area contributed by atoms with Gasteiger partial charge in [-0.05, 0) is 30.7 Å². The summed E-state index contributed by atoms with van der Waals surface area (Å²) < 4.78 is 10.2. The summed E-state index contributed by atoms with van der Waals surface area (Å²) in [7, 11) is 1.33. The van der Waals surface area contributed by atoms with Crippen LogP contribution in [0.1, 0.15) is 22.1 Å². The molecule has 3 heterocycles. The number of hydrogen-bond donors (Lipinski definition) is 0. The number of furan rings is 1. The van der Waals surface area contributed by atoms with Crippen molar-refractivity contribution in [2.24, 2.45) is 0 Å². The number of aryl methyl sites for hydroxylation is 1. The molecule has 136 valence electrons. The number of thiophene rings is 1. The van der Waals surface area contributed by atoms with E-state index >= 15 is 0 Å². The molecule has 1 aromatic carbocycles. The molecular weight excluding hydrogens is 380 g/mol.